The molecule has 2 heterocycles. The van der Waals surface area contributed by atoms with E-state index in [1.54, 1.807) is 29.2 Å². The van der Waals surface area contributed by atoms with Gasteiger partial charge in [-0.15, -0.1) is 10.2 Å². The maximum absolute atomic E-state index is 13.5. The summed E-state index contributed by atoms with van der Waals surface area (Å²) in [5, 5.41) is 6.50. The molecule has 2 aromatic carbocycles. The second-order valence-corrected chi connectivity index (χ2v) is 12.2. The average molecular weight is 537 g/mol. The van der Waals surface area contributed by atoms with Crippen LogP contribution in [0.3, 0.4) is 0 Å². The highest BCUT2D eigenvalue weighted by molar-refractivity contribution is 7.91. The van der Waals surface area contributed by atoms with Gasteiger partial charge in [0.05, 0.1) is 18.1 Å². The highest BCUT2D eigenvalue weighted by Gasteiger charge is 2.38. The SMILES string of the molecule is CC(C)(C)c1ccc(N(Cc2ccc(-c3nnc(C(F)(F)F)o3)cc2)C(=O)N2CCS(=O)(=O)CC2)cc1. The van der Waals surface area contributed by atoms with E-state index in [4.69, 9.17) is 4.42 Å². The monoisotopic (exact) mass is 536 g/mol. The molecule has 2 amide bonds. The van der Waals surface area contributed by atoms with Crippen molar-refractivity contribution in [3.63, 3.8) is 0 Å². The van der Waals surface area contributed by atoms with Gasteiger partial charge in [-0.2, -0.15) is 13.2 Å². The van der Waals surface area contributed by atoms with Gasteiger partial charge in [-0.05, 0) is 40.8 Å². The molecule has 12 heteroatoms. The third-order valence-electron chi connectivity index (χ3n) is 6.10. The summed E-state index contributed by atoms with van der Waals surface area (Å²) < 4.78 is 66.8. The van der Waals surface area contributed by atoms with Crippen LogP contribution in [0.25, 0.3) is 11.5 Å². The van der Waals surface area contributed by atoms with Gasteiger partial charge in [0.15, 0.2) is 9.84 Å². The summed E-state index contributed by atoms with van der Waals surface area (Å²) in [4.78, 5) is 16.6. The molecule has 1 aliphatic rings. The quantitative estimate of drug-likeness (QED) is 0.470. The Morgan fingerprint density at radius 1 is 0.973 bits per heavy atom. The van der Waals surface area contributed by atoms with Crippen LogP contribution in [-0.4, -0.2) is 54.1 Å². The Bertz CT molecular complexity index is 1350. The standard InChI is InChI=1S/C25H27F3N4O4S/c1-24(2,3)19-8-10-20(11-9-19)32(23(33)31-12-14-37(34,35)15-13-31)16-17-4-6-18(7-5-17)21-29-30-22(36-21)25(26,27)28/h4-11H,12-16H2,1-3H3. The number of sulfone groups is 1. The van der Waals surface area contributed by atoms with E-state index in [-0.39, 0.29) is 48.5 Å². The van der Waals surface area contributed by atoms with Crippen molar-refractivity contribution in [2.24, 2.45) is 0 Å². The fraction of sp³-hybridized carbons (Fsp3) is 0.400. The summed E-state index contributed by atoms with van der Waals surface area (Å²) in [5.74, 6) is -1.87. The van der Waals surface area contributed by atoms with Crippen molar-refractivity contribution in [3.05, 3.63) is 65.5 Å². The lowest BCUT2D eigenvalue weighted by molar-refractivity contribution is -0.156. The first-order valence-electron chi connectivity index (χ1n) is 11.6. The molecule has 0 spiro atoms. The van der Waals surface area contributed by atoms with Gasteiger partial charge >= 0.3 is 18.1 Å². The Kier molecular flexibility index (Phi) is 7.06. The van der Waals surface area contributed by atoms with Crippen LogP contribution in [0.15, 0.2) is 52.9 Å². The Labute approximate surface area is 213 Å². The molecule has 1 aromatic heterocycles. The number of urea groups is 1. The topological polar surface area (TPSA) is 96.6 Å². The zero-order valence-electron chi connectivity index (χ0n) is 20.6. The van der Waals surface area contributed by atoms with Crippen molar-refractivity contribution in [1.82, 2.24) is 15.1 Å². The minimum absolute atomic E-state index is 0.0782. The van der Waals surface area contributed by atoms with E-state index in [0.29, 0.717) is 16.8 Å². The highest BCUT2D eigenvalue weighted by atomic mass is 32.2. The Morgan fingerprint density at radius 2 is 1.57 bits per heavy atom. The number of anilines is 1. The predicted octanol–water partition coefficient (Wildman–Crippen LogP) is 4.91. The lowest BCUT2D eigenvalue weighted by Crippen LogP contribution is -2.49. The van der Waals surface area contributed by atoms with Crippen LogP contribution in [0.2, 0.25) is 0 Å². The molecule has 0 bridgehead atoms. The van der Waals surface area contributed by atoms with Crippen LogP contribution >= 0.6 is 0 Å². The van der Waals surface area contributed by atoms with E-state index in [1.807, 2.05) is 24.3 Å². The van der Waals surface area contributed by atoms with E-state index in [9.17, 15) is 26.4 Å². The van der Waals surface area contributed by atoms with Crippen molar-refractivity contribution in [3.8, 4) is 11.5 Å². The number of hydrogen-bond donors (Lipinski definition) is 0. The van der Waals surface area contributed by atoms with Gasteiger partial charge in [-0.1, -0.05) is 45.0 Å². The molecule has 37 heavy (non-hydrogen) atoms. The summed E-state index contributed by atoms with van der Waals surface area (Å²) in [5.41, 5.74) is 2.67. The molecular formula is C25H27F3N4O4S. The van der Waals surface area contributed by atoms with E-state index < -0.39 is 21.9 Å². The zero-order chi connectivity index (χ0) is 27.0. The Morgan fingerprint density at radius 3 is 2.08 bits per heavy atom. The number of halogens is 3. The van der Waals surface area contributed by atoms with Crippen LogP contribution in [0.1, 0.15) is 37.8 Å². The normalized spacial score (nSPS) is 16.0. The first-order chi connectivity index (χ1) is 17.2. The van der Waals surface area contributed by atoms with Gasteiger partial charge in [0.2, 0.25) is 5.89 Å². The third-order valence-corrected chi connectivity index (χ3v) is 7.71. The number of carbonyl (C=O) groups excluding carboxylic acids is 1. The van der Waals surface area contributed by atoms with Crippen LogP contribution in [0, 0.1) is 0 Å². The number of aromatic nitrogens is 2. The van der Waals surface area contributed by atoms with Crippen LogP contribution in [-0.2, 0) is 28.0 Å². The molecule has 0 saturated carbocycles. The number of rotatable bonds is 4. The fourth-order valence-electron chi connectivity index (χ4n) is 3.87. The number of alkyl halides is 3. The van der Waals surface area contributed by atoms with Gasteiger partial charge < -0.3 is 9.32 Å². The van der Waals surface area contributed by atoms with Crippen molar-refractivity contribution in [2.45, 2.75) is 38.9 Å². The lowest BCUT2D eigenvalue weighted by Gasteiger charge is -2.33. The molecule has 0 aliphatic carbocycles. The molecule has 198 valence electrons. The molecule has 1 fully saturated rings. The summed E-state index contributed by atoms with van der Waals surface area (Å²) in [6.45, 7) is 6.63. The second-order valence-electron chi connectivity index (χ2n) is 9.91. The first-order valence-corrected chi connectivity index (χ1v) is 13.4. The fourth-order valence-corrected chi connectivity index (χ4v) is 5.08. The van der Waals surface area contributed by atoms with E-state index in [1.165, 1.54) is 4.90 Å². The molecule has 0 unspecified atom stereocenters. The molecule has 8 nitrogen and oxygen atoms in total. The number of carbonyl (C=O) groups is 1. The predicted molar refractivity (Wildman–Crippen MR) is 132 cm³/mol. The minimum Gasteiger partial charge on any atom is -0.413 e. The first kappa shape index (κ1) is 26.6. The zero-order valence-corrected chi connectivity index (χ0v) is 21.4. The number of hydrogen-bond acceptors (Lipinski definition) is 6. The second kappa shape index (κ2) is 9.81. The van der Waals surface area contributed by atoms with E-state index in [0.717, 1.165) is 5.56 Å². The molecule has 1 aliphatic heterocycles. The maximum Gasteiger partial charge on any atom is 0.470 e. The van der Waals surface area contributed by atoms with E-state index in [2.05, 4.69) is 31.0 Å². The van der Waals surface area contributed by atoms with Crippen LogP contribution in [0.4, 0.5) is 23.7 Å². The van der Waals surface area contributed by atoms with Crippen LogP contribution < -0.4 is 4.90 Å². The average Bonchev–Trinajstić information content (AvgIpc) is 3.33. The van der Waals surface area contributed by atoms with Gasteiger partial charge in [0, 0.05) is 24.3 Å². The molecule has 0 N–H and O–H groups in total. The molecule has 3 aromatic rings. The van der Waals surface area contributed by atoms with Gasteiger partial charge in [0.1, 0.15) is 0 Å². The molecule has 4 rings (SSSR count). The lowest BCUT2D eigenvalue weighted by atomic mass is 9.87. The molecular weight excluding hydrogens is 509 g/mol. The largest absolute Gasteiger partial charge is 0.470 e. The number of benzene rings is 2. The third kappa shape index (κ3) is 6.30. The minimum atomic E-state index is -4.73. The van der Waals surface area contributed by atoms with Crippen molar-refractivity contribution in [1.29, 1.82) is 0 Å². The van der Waals surface area contributed by atoms with Gasteiger partial charge in [-0.3, -0.25) is 4.90 Å². The highest BCUT2D eigenvalue weighted by Crippen LogP contribution is 2.31. The Hall–Kier alpha value is -3.41. The number of nitrogens with zero attached hydrogens (tertiary/aromatic N) is 4. The van der Waals surface area contributed by atoms with Crippen molar-refractivity contribution in [2.75, 3.05) is 29.5 Å². The summed E-state index contributed by atoms with van der Waals surface area (Å²) in [7, 11) is -3.16. The maximum atomic E-state index is 13.5. The van der Waals surface area contributed by atoms with Crippen molar-refractivity contribution >= 4 is 21.6 Å². The van der Waals surface area contributed by atoms with Gasteiger partial charge in [0.25, 0.3) is 0 Å². The Balaban J connectivity index is 1.59. The molecule has 0 radical (unpaired) electrons. The molecule has 1 saturated heterocycles. The summed E-state index contributed by atoms with van der Waals surface area (Å²) in [6, 6.07) is 13.7. The van der Waals surface area contributed by atoms with E-state index >= 15 is 0 Å². The van der Waals surface area contributed by atoms with Gasteiger partial charge in [-0.25, -0.2) is 13.2 Å². The smallest absolute Gasteiger partial charge is 0.413 e. The summed E-state index contributed by atoms with van der Waals surface area (Å²) >= 11 is 0. The molecule has 0 atom stereocenters. The van der Waals surface area contributed by atoms with Crippen molar-refractivity contribution < 1.29 is 30.8 Å². The van der Waals surface area contributed by atoms with Crippen LogP contribution in [0.5, 0.6) is 0 Å². The number of amides is 2. The summed E-state index contributed by atoms with van der Waals surface area (Å²) in [6.07, 6.45) is -4.73.